The maximum Gasteiger partial charge on any atom is 0.262 e. The van der Waals surface area contributed by atoms with Crippen molar-refractivity contribution in [3.05, 3.63) is 65.2 Å². The standard InChI is InChI=1S/C21H21ClN4O2S/c1-15-18(22)5-4-6-20(15)29(27,28)25-17-9-7-16(8-10-17)19-11-12-21(24-23-19)26-13-2-3-14-26/h4-12,25H,2-3,13-14H2,1H3. The average Bonchev–Trinajstić information content (AvgIpc) is 3.25. The Morgan fingerprint density at radius 1 is 0.966 bits per heavy atom. The minimum atomic E-state index is -3.73. The second-order valence-corrected chi connectivity index (χ2v) is 9.07. The molecule has 1 fully saturated rings. The zero-order valence-corrected chi connectivity index (χ0v) is 17.5. The van der Waals surface area contributed by atoms with Crippen molar-refractivity contribution in [1.82, 2.24) is 10.2 Å². The first kappa shape index (κ1) is 19.7. The van der Waals surface area contributed by atoms with E-state index in [-0.39, 0.29) is 4.90 Å². The zero-order chi connectivity index (χ0) is 20.4. The van der Waals surface area contributed by atoms with Gasteiger partial charge in [-0.3, -0.25) is 4.72 Å². The molecule has 3 aromatic rings. The van der Waals surface area contributed by atoms with Gasteiger partial charge in [-0.25, -0.2) is 8.42 Å². The molecule has 29 heavy (non-hydrogen) atoms. The number of halogens is 1. The van der Waals surface area contributed by atoms with E-state index in [0.717, 1.165) is 30.2 Å². The molecule has 0 aliphatic carbocycles. The van der Waals surface area contributed by atoms with E-state index >= 15 is 0 Å². The van der Waals surface area contributed by atoms with Crippen LogP contribution in [0.4, 0.5) is 11.5 Å². The van der Waals surface area contributed by atoms with E-state index in [1.807, 2.05) is 24.3 Å². The van der Waals surface area contributed by atoms with Crippen LogP contribution in [0.1, 0.15) is 18.4 Å². The number of sulfonamides is 1. The van der Waals surface area contributed by atoms with E-state index in [9.17, 15) is 8.42 Å². The molecule has 150 valence electrons. The Balaban J connectivity index is 1.51. The number of rotatable bonds is 5. The largest absolute Gasteiger partial charge is 0.355 e. The molecule has 2 heterocycles. The van der Waals surface area contributed by atoms with Crippen LogP contribution < -0.4 is 9.62 Å². The molecular formula is C21H21ClN4O2S. The van der Waals surface area contributed by atoms with Crippen molar-refractivity contribution in [2.75, 3.05) is 22.7 Å². The van der Waals surface area contributed by atoms with Crippen molar-refractivity contribution in [2.45, 2.75) is 24.7 Å². The summed E-state index contributed by atoms with van der Waals surface area (Å²) in [7, 11) is -3.73. The Bertz CT molecular complexity index is 1110. The Morgan fingerprint density at radius 3 is 2.34 bits per heavy atom. The van der Waals surface area contributed by atoms with Crippen molar-refractivity contribution in [1.29, 1.82) is 0 Å². The highest BCUT2D eigenvalue weighted by molar-refractivity contribution is 7.92. The predicted molar refractivity (Wildman–Crippen MR) is 116 cm³/mol. The second kappa shape index (κ2) is 8.00. The number of anilines is 2. The summed E-state index contributed by atoms with van der Waals surface area (Å²) in [6.07, 6.45) is 2.38. The molecule has 1 aromatic heterocycles. The summed E-state index contributed by atoms with van der Waals surface area (Å²) in [4.78, 5) is 2.39. The van der Waals surface area contributed by atoms with Crippen molar-refractivity contribution in [3.63, 3.8) is 0 Å². The molecule has 0 bridgehead atoms. The highest BCUT2D eigenvalue weighted by Gasteiger charge is 2.18. The molecule has 1 N–H and O–H groups in total. The Kier molecular flexibility index (Phi) is 5.43. The van der Waals surface area contributed by atoms with Crippen LogP contribution in [-0.2, 0) is 10.0 Å². The lowest BCUT2D eigenvalue weighted by Gasteiger charge is -2.15. The van der Waals surface area contributed by atoms with Gasteiger partial charge >= 0.3 is 0 Å². The maximum atomic E-state index is 12.7. The monoisotopic (exact) mass is 428 g/mol. The number of benzene rings is 2. The molecule has 0 radical (unpaired) electrons. The number of hydrogen-bond acceptors (Lipinski definition) is 5. The van der Waals surface area contributed by atoms with Crippen molar-refractivity contribution < 1.29 is 8.42 Å². The fourth-order valence-corrected chi connectivity index (χ4v) is 4.95. The van der Waals surface area contributed by atoms with Crippen molar-refractivity contribution in [3.8, 4) is 11.3 Å². The van der Waals surface area contributed by atoms with Gasteiger partial charge in [-0.05, 0) is 61.7 Å². The summed E-state index contributed by atoms with van der Waals surface area (Å²) in [5, 5.41) is 9.07. The Morgan fingerprint density at radius 2 is 1.69 bits per heavy atom. The van der Waals surface area contributed by atoms with Gasteiger partial charge in [0.15, 0.2) is 5.82 Å². The van der Waals surface area contributed by atoms with Gasteiger partial charge < -0.3 is 4.90 Å². The molecule has 0 amide bonds. The minimum Gasteiger partial charge on any atom is -0.355 e. The van der Waals surface area contributed by atoms with Crippen LogP contribution >= 0.6 is 11.6 Å². The van der Waals surface area contributed by atoms with Gasteiger partial charge in [-0.2, -0.15) is 0 Å². The molecule has 2 aromatic carbocycles. The third-order valence-electron chi connectivity index (χ3n) is 5.02. The highest BCUT2D eigenvalue weighted by Crippen LogP contribution is 2.26. The first-order chi connectivity index (χ1) is 13.9. The van der Waals surface area contributed by atoms with Crippen LogP contribution in [0.5, 0.6) is 0 Å². The van der Waals surface area contributed by atoms with Gasteiger partial charge in [0, 0.05) is 29.4 Å². The van der Waals surface area contributed by atoms with E-state index in [0.29, 0.717) is 16.3 Å². The second-order valence-electron chi connectivity index (χ2n) is 7.02. The van der Waals surface area contributed by atoms with Crippen LogP contribution in [0.2, 0.25) is 5.02 Å². The lowest BCUT2D eigenvalue weighted by atomic mass is 10.1. The minimum absolute atomic E-state index is 0.164. The molecule has 0 unspecified atom stereocenters. The van der Waals surface area contributed by atoms with Crippen LogP contribution in [-0.4, -0.2) is 31.7 Å². The first-order valence-corrected chi connectivity index (χ1v) is 11.3. The molecule has 0 atom stereocenters. The third kappa shape index (κ3) is 4.21. The Hall–Kier alpha value is -2.64. The smallest absolute Gasteiger partial charge is 0.262 e. The van der Waals surface area contributed by atoms with E-state index < -0.39 is 10.0 Å². The quantitative estimate of drug-likeness (QED) is 0.647. The lowest BCUT2D eigenvalue weighted by Crippen LogP contribution is -2.19. The lowest BCUT2D eigenvalue weighted by molar-refractivity contribution is 0.600. The van der Waals surface area contributed by atoms with Crippen LogP contribution in [0.15, 0.2) is 59.5 Å². The molecule has 1 saturated heterocycles. The fourth-order valence-electron chi connectivity index (χ4n) is 3.39. The SMILES string of the molecule is Cc1c(Cl)cccc1S(=O)(=O)Nc1ccc(-c2ccc(N3CCCC3)nn2)cc1. The van der Waals surface area contributed by atoms with Crippen LogP contribution in [0.3, 0.4) is 0 Å². The first-order valence-electron chi connectivity index (χ1n) is 9.41. The van der Waals surface area contributed by atoms with E-state index in [2.05, 4.69) is 19.8 Å². The van der Waals surface area contributed by atoms with E-state index in [1.165, 1.54) is 18.9 Å². The number of hydrogen-bond donors (Lipinski definition) is 1. The number of nitrogens with one attached hydrogen (secondary N) is 1. The topological polar surface area (TPSA) is 75.2 Å². The molecule has 0 spiro atoms. The Labute approximate surface area is 175 Å². The third-order valence-corrected chi connectivity index (χ3v) is 6.96. The number of nitrogens with zero attached hydrogens (tertiary/aromatic N) is 3. The van der Waals surface area contributed by atoms with Crippen LogP contribution in [0, 0.1) is 6.92 Å². The van der Waals surface area contributed by atoms with Gasteiger partial charge in [0.2, 0.25) is 0 Å². The van der Waals surface area contributed by atoms with Crippen molar-refractivity contribution in [2.24, 2.45) is 0 Å². The molecule has 1 aliphatic rings. The number of aromatic nitrogens is 2. The summed E-state index contributed by atoms with van der Waals surface area (Å²) < 4.78 is 28.0. The molecule has 4 rings (SSSR count). The maximum absolute atomic E-state index is 12.7. The normalized spacial score (nSPS) is 14.2. The average molecular weight is 429 g/mol. The van der Waals surface area contributed by atoms with E-state index in [4.69, 9.17) is 11.6 Å². The van der Waals surface area contributed by atoms with Gasteiger partial charge in [-0.1, -0.05) is 29.8 Å². The van der Waals surface area contributed by atoms with Gasteiger partial charge in [-0.15, -0.1) is 10.2 Å². The molecule has 1 aliphatic heterocycles. The molecule has 6 nitrogen and oxygen atoms in total. The highest BCUT2D eigenvalue weighted by atomic mass is 35.5. The summed E-state index contributed by atoms with van der Waals surface area (Å²) >= 11 is 6.06. The van der Waals surface area contributed by atoms with Gasteiger partial charge in [0.1, 0.15) is 0 Å². The molecule has 8 heteroatoms. The summed E-state index contributed by atoms with van der Waals surface area (Å²) in [6.45, 7) is 3.73. The summed E-state index contributed by atoms with van der Waals surface area (Å²) in [5.41, 5.74) is 2.60. The summed E-state index contributed by atoms with van der Waals surface area (Å²) in [5.74, 6) is 0.896. The van der Waals surface area contributed by atoms with Crippen molar-refractivity contribution >= 4 is 33.1 Å². The molecular weight excluding hydrogens is 408 g/mol. The summed E-state index contributed by atoms with van der Waals surface area (Å²) in [6, 6.07) is 15.8. The zero-order valence-electron chi connectivity index (χ0n) is 16.0. The van der Waals surface area contributed by atoms with Gasteiger partial charge in [0.25, 0.3) is 10.0 Å². The predicted octanol–water partition coefficient (Wildman–Crippen LogP) is 4.51. The van der Waals surface area contributed by atoms with Gasteiger partial charge in [0.05, 0.1) is 10.6 Å². The van der Waals surface area contributed by atoms with E-state index in [1.54, 1.807) is 31.2 Å². The molecule has 0 saturated carbocycles. The van der Waals surface area contributed by atoms with Crippen LogP contribution in [0.25, 0.3) is 11.3 Å². The fraction of sp³-hybridized carbons (Fsp3) is 0.238.